The molecule has 0 bridgehead atoms. The van der Waals surface area contributed by atoms with Gasteiger partial charge in [-0.2, -0.15) is 5.10 Å². The van der Waals surface area contributed by atoms with E-state index >= 15 is 0 Å². The first-order chi connectivity index (χ1) is 11.5. The number of aromatic nitrogens is 2. The second-order valence-corrected chi connectivity index (χ2v) is 7.20. The second-order valence-electron chi connectivity index (χ2n) is 7.20. The minimum atomic E-state index is 0.0219. The quantitative estimate of drug-likeness (QED) is 0.868. The molecule has 2 fully saturated rings. The fourth-order valence-corrected chi connectivity index (χ4v) is 4.69. The normalized spacial score (nSPS) is 25.0. The Balaban J connectivity index is 1.85. The van der Waals surface area contributed by atoms with Gasteiger partial charge < -0.3 is 15.4 Å². The number of nitrogens with zero attached hydrogens (tertiary/aromatic N) is 3. The lowest BCUT2D eigenvalue weighted by atomic mass is 9.59. The predicted octanol–water partition coefficient (Wildman–Crippen LogP) is 2.59. The highest BCUT2D eigenvalue weighted by molar-refractivity contribution is 5.98. The Kier molecular flexibility index (Phi) is 4.85. The molecule has 1 heterocycles. The van der Waals surface area contributed by atoms with Gasteiger partial charge in [0.2, 0.25) is 0 Å². The predicted molar refractivity (Wildman–Crippen MR) is 93.7 cm³/mol. The van der Waals surface area contributed by atoms with Crippen molar-refractivity contribution in [3.8, 4) is 0 Å². The van der Waals surface area contributed by atoms with Crippen molar-refractivity contribution >= 4 is 11.7 Å². The molecule has 134 valence electrons. The maximum Gasteiger partial charge on any atom is 0.259 e. The number of nitrogens with two attached hydrogens (primary N) is 1. The minimum absolute atomic E-state index is 0.0219. The molecule has 3 rings (SSSR count). The fraction of sp³-hybridized carbons (Fsp3) is 0.778. The van der Waals surface area contributed by atoms with Crippen molar-refractivity contribution in [1.29, 1.82) is 0 Å². The summed E-state index contributed by atoms with van der Waals surface area (Å²) in [6, 6.07) is 0.267. The Morgan fingerprint density at radius 2 is 2.17 bits per heavy atom. The first-order valence-electron chi connectivity index (χ1n) is 9.25. The van der Waals surface area contributed by atoms with Gasteiger partial charge in [-0.3, -0.25) is 9.48 Å². The van der Waals surface area contributed by atoms with Gasteiger partial charge in [-0.05, 0) is 32.6 Å². The second kappa shape index (κ2) is 6.75. The summed E-state index contributed by atoms with van der Waals surface area (Å²) in [5.41, 5.74) is 6.72. The Labute approximate surface area is 144 Å². The van der Waals surface area contributed by atoms with Crippen LogP contribution in [0.2, 0.25) is 0 Å². The van der Waals surface area contributed by atoms with Crippen LogP contribution in [0.3, 0.4) is 0 Å². The molecule has 0 saturated heterocycles. The number of amides is 1. The molecule has 0 aliphatic heterocycles. The van der Waals surface area contributed by atoms with Crippen LogP contribution in [0.25, 0.3) is 0 Å². The number of carbonyl (C=O) groups excluding carboxylic acids is 1. The number of hydrogen-bond donors (Lipinski definition) is 1. The molecule has 1 aromatic rings. The van der Waals surface area contributed by atoms with Crippen LogP contribution < -0.4 is 5.73 Å². The molecule has 1 aromatic heterocycles. The summed E-state index contributed by atoms with van der Waals surface area (Å²) >= 11 is 0. The van der Waals surface area contributed by atoms with Crippen LogP contribution in [-0.2, 0) is 11.8 Å². The van der Waals surface area contributed by atoms with Crippen LogP contribution in [0.4, 0.5) is 5.82 Å². The summed E-state index contributed by atoms with van der Waals surface area (Å²) in [7, 11) is 1.77. The van der Waals surface area contributed by atoms with E-state index in [9.17, 15) is 4.79 Å². The van der Waals surface area contributed by atoms with E-state index in [1.807, 2.05) is 4.90 Å². The van der Waals surface area contributed by atoms with Crippen molar-refractivity contribution in [3.63, 3.8) is 0 Å². The Morgan fingerprint density at radius 3 is 2.71 bits per heavy atom. The van der Waals surface area contributed by atoms with Crippen molar-refractivity contribution in [2.24, 2.45) is 12.5 Å². The molecule has 0 aromatic carbocycles. The van der Waals surface area contributed by atoms with Gasteiger partial charge in [0, 0.05) is 31.7 Å². The number of carbonyl (C=O) groups is 1. The average Bonchev–Trinajstić information content (AvgIpc) is 3.19. The van der Waals surface area contributed by atoms with E-state index in [2.05, 4.69) is 18.9 Å². The molecule has 2 aliphatic carbocycles. The Hall–Kier alpha value is -1.56. The Bertz CT molecular complexity index is 592. The lowest BCUT2D eigenvalue weighted by Crippen LogP contribution is -2.65. The lowest BCUT2D eigenvalue weighted by molar-refractivity contribution is -0.156. The summed E-state index contributed by atoms with van der Waals surface area (Å²) in [6.07, 6.45) is 8.59. The average molecular weight is 334 g/mol. The number of aryl methyl sites for hydroxylation is 1. The first-order valence-corrected chi connectivity index (χ1v) is 9.25. The highest BCUT2D eigenvalue weighted by atomic mass is 16.5. The van der Waals surface area contributed by atoms with Crippen LogP contribution in [0.15, 0.2) is 6.20 Å². The molecule has 1 spiro atoms. The zero-order valence-electron chi connectivity index (χ0n) is 15.1. The molecule has 2 aliphatic rings. The maximum absolute atomic E-state index is 13.2. The number of rotatable bonds is 6. The van der Waals surface area contributed by atoms with Gasteiger partial charge in [0.05, 0.1) is 12.3 Å². The van der Waals surface area contributed by atoms with Crippen LogP contribution in [0, 0.1) is 5.41 Å². The monoisotopic (exact) mass is 334 g/mol. The zero-order valence-corrected chi connectivity index (χ0v) is 15.1. The Morgan fingerprint density at radius 1 is 1.46 bits per heavy atom. The molecule has 1 amide bonds. The summed E-state index contributed by atoms with van der Waals surface area (Å²) in [6.45, 7) is 5.68. The van der Waals surface area contributed by atoms with E-state index in [0.717, 1.165) is 26.0 Å². The van der Waals surface area contributed by atoms with Gasteiger partial charge >= 0.3 is 0 Å². The van der Waals surface area contributed by atoms with Gasteiger partial charge in [0.15, 0.2) is 0 Å². The van der Waals surface area contributed by atoms with E-state index in [-0.39, 0.29) is 17.4 Å². The lowest BCUT2D eigenvalue weighted by Gasteiger charge is -2.57. The molecule has 2 N–H and O–H groups in total. The third kappa shape index (κ3) is 2.61. The molecule has 2 saturated carbocycles. The summed E-state index contributed by atoms with van der Waals surface area (Å²) in [5, 5.41) is 4.14. The van der Waals surface area contributed by atoms with Gasteiger partial charge in [-0.15, -0.1) is 0 Å². The van der Waals surface area contributed by atoms with E-state index in [0.29, 0.717) is 17.5 Å². The number of ether oxygens (including phenoxy) is 1. The number of nitrogen functional groups attached to an aromatic ring is 1. The third-order valence-electron chi connectivity index (χ3n) is 5.96. The smallest absolute Gasteiger partial charge is 0.259 e. The van der Waals surface area contributed by atoms with Crippen LogP contribution in [-0.4, -0.2) is 45.9 Å². The molecular formula is C18H30N4O2. The molecule has 6 nitrogen and oxygen atoms in total. The number of anilines is 1. The van der Waals surface area contributed by atoms with Crippen molar-refractivity contribution in [2.75, 3.05) is 18.9 Å². The van der Waals surface area contributed by atoms with Crippen LogP contribution >= 0.6 is 0 Å². The highest BCUT2D eigenvalue weighted by Gasteiger charge is 2.59. The van der Waals surface area contributed by atoms with Gasteiger partial charge in [0.1, 0.15) is 11.4 Å². The van der Waals surface area contributed by atoms with Gasteiger partial charge in [-0.1, -0.05) is 19.8 Å². The number of hydrogen-bond acceptors (Lipinski definition) is 4. The molecule has 0 unspecified atom stereocenters. The van der Waals surface area contributed by atoms with Crippen LogP contribution in [0.5, 0.6) is 0 Å². The fourth-order valence-electron chi connectivity index (χ4n) is 4.69. The topological polar surface area (TPSA) is 73.4 Å². The first kappa shape index (κ1) is 17.3. The van der Waals surface area contributed by atoms with E-state index in [4.69, 9.17) is 10.5 Å². The van der Waals surface area contributed by atoms with Gasteiger partial charge in [-0.25, -0.2) is 0 Å². The third-order valence-corrected chi connectivity index (χ3v) is 5.96. The van der Waals surface area contributed by atoms with E-state index < -0.39 is 0 Å². The summed E-state index contributed by atoms with van der Waals surface area (Å²) in [5.74, 6) is 0.468. The van der Waals surface area contributed by atoms with Crippen molar-refractivity contribution in [3.05, 3.63) is 11.8 Å². The molecular weight excluding hydrogens is 304 g/mol. The van der Waals surface area contributed by atoms with Crippen molar-refractivity contribution in [2.45, 2.75) is 64.5 Å². The van der Waals surface area contributed by atoms with E-state index in [1.165, 1.54) is 25.7 Å². The standard InChI is InChI=1S/C18H30N4O2/c1-4-10-22(17(23)13-12-20-21(3)16(13)19)14-11-15(24-5-2)18(14)8-6-7-9-18/h12,14-15H,4-11,19H2,1-3H3/t14-,15+/m1/s1. The van der Waals surface area contributed by atoms with Gasteiger partial charge in [0.25, 0.3) is 5.91 Å². The molecule has 24 heavy (non-hydrogen) atoms. The highest BCUT2D eigenvalue weighted by Crippen LogP contribution is 2.56. The minimum Gasteiger partial charge on any atom is -0.383 e. The van der Waals surface area contributed by atoms with Crippen molar-refractivity contribution < 1.29 is 9.53 Å². The van der Waals surface area contributed by atoms with Crippen molar-refractivity contribution in [1.82, 2.24) is 14.7 Å². The SMILES string of the molecule is CCCN(C(=O)c1cnn(C)c1N)[C@@H]1C[C@H](OCC)C12CCCC2. The molecule has 0 radical (unpaired) electrons. The zero-order chi connectivity index (χ0) is 17.3. The summed E-state index contributed by atoms with van der Waals surface area (Å²) < 4.78 is 7.57. The van der Waals surface area contributed by atoms with E-state index in [1.54, 1.807) is 17.9 Å². The summed E-state index contributed by atoms with van der Waals surface area (Å²) in [4.78, 5) is 15.2. The maximum atomic E-state index is 13.2. The van der Waals surface area contributed by atoms with Crippen LogP contribution in [0.1, 0.15) is 62.7 Å². The largest absolute Gasteiger partial charge is 0.383 e. The molecule has 2 atom stereocenters. The molecule has 6 heteroatoms.